The highest BCUT2D eigenvalue weighted by atomic mass is 32.1. The molecule has 84 valence electrons. The normalized spacial score (nSPS) is 17.8. The monoisotopic (exact) mass is 233 g/mol. The van der Waals surface area contributed by atoms with Crippen molar-refractivity contribution in [3.05, 3.63) is 29.4 Å². The summed E-state index contributed by atoms with van der Waals surface area (Å²) in [5, 5.41) is 5.47. The van der Waals surface area contributed by atoms with Crippen LogP contribution in [0.25, 0.3) is 10.7 Å². The molecule has 4 heteroatoms. The highest BCUT2D eigenvalue weighted by Gasteiger charge is 2.17. The van der Waals surface area contributed by atoms with E-state index in [4.69, 9.17) is 0 Å². The Labute approximate surface area is 98.9 Å². The summed E-state index contributed by atoms with van der Waals surface area (Å²) in [4.78, 5) is 9.15. The number of H-pyrrole nitrogens is 1. The van der Waals surface area contributed by atoms with Crippen molar-refractivity contribution in [3.8, 4) is 10.7 Å². The largest absolute Gasteiger partial charge is 0.341 e. The highest BCUT2D eigenvalue weighted by Crippen LogP contribution is 2.27. The number of piperidine rings is 1. The van der Waals surface area contributed by atoms with Crippen LogP contribution in [0.15, 0.2) is 23.7 Å². The summed E-state index contributed by atoms with van der Waals surface area (Å²) in [5.41, 5.74) is 1.30. The van der Waals surface area contributed by atoms with Crippen molar-refractivity contribution < 1.29 is 0 Å². The van der Waals surface area contributed by atoms with Crippen molar-refractivity contribution in [1.82, 2.24) is 15.3 Å². The average molecular weight is 233 g/mol. The lowest BCUT2D eigenvalue weighted by molar-refractivity contribution is 0.454. The van der Waals surface area contributed by atoms with E-state index in [0.717, 1.165) is 18.9 Å². The first kappa shape index (κ1) is 10.1. The summed E-state index contributed by atoms with van der Waals surface area (Å²) in [6.07, 6.45) is 4.43. The minimum atomic E-state index is 0.655. The molecule has 0 radical (unpaired) electrons. The number of aromatic amines is 1. The van der Waals surface area contributed by atoms with E-state index in [-0.39, 0.29) is 0 Å². The highest BCUT2D eigenvalue weighted by molar-refractivity contribution is 7.13. The maximum Gasteiger partial charge on any atom is 0.147 e. The van der Waals surface area contributed by atoms with Crippen molar-refractivity contribution in [2.24, 2.45) is 0 Å². The minimum absolute atomic E-state index is 0.655. The van der Waals surface area contributed by atoms with Gasteiger partial charge in [0.1, 0.15) is 5.82 Å². The predicted octanol–water partition coefficient (Wildman–Crippen LogP) is 2.61. The van der Waals surface area contributed by atoms with Crippen LogP contribution in [0.1, 0.15) is 24.5 Å². The molecule has 2 aromatic heterocycles. The molecule has 1 saturated heterocycles. The second-order valence-electron chi connectivity index (χ2n) is 4.19. The first-order chi connectivity index (χ1) is 7.93. The average Bonchev–Trinajstić information content (AvgIpc) is 3.01. The van der Waals surface area contributed by atoms with Gasteiger partial charge in [0.05, 0.1) is 4.88 Å². The second-order valence-corrected chi connectivity index (χ2v) is 5.14. The van der Waals surface area contributed by atoms with Gasteiger partial charge in [-0.3, -0.25) is 0 Å². The molecular weight excluding hydrogens is 218 g/mol. The summed E-state index contributed by atoms with van der Waals surface area (Å²) < 4.78 is 0. The van der Waals surface area contributed by atoms with E-state index < -0.39 is 0 Å². The summed E-state index contributed by atoms with van der Waals surface area (Å²) in [6, 6.07) is 4.17. The smallest absolute Gasteiger partial charge is 0.147 e. The maximum absolute atomic E-state index is 4.47. The Morgan fingerprint density at radius 1 is 1.31 bits per heavy atom. The van der Waals surface area contributed by atoms with Crippen LogP contribution in [-0.4, -0.2) is 23.1 Å². The van der Waals surface area contributed by atoms with E-state index in [1.54, 1.807) is 11.3 Å². The molecule has 0 spiro atoms. The van der Waals surface area contributed by atoms with Crippen LogP contribution in [0.4, 0.5) is 0 Å². The van der Waals surface area contributed by atoms with Crippen LogP contribution in [-0.2, 0) is 0 Å². The lowest BCUT2D eigenvalue weighted by Gasteiger charge is -2.21. The van der Waals surface area contributed by atoms with E-state index in [1.807, 2.05) is 6.20 Å². The Bertz CT molecular complexity index is 441. The quantitative estimate of drug-likeness (QED) is 0.837. The van der Waals surface area contributed by atoms with Gasteiger partial charge in [-0.1, -0.05) is 6.07 Å². The molecule has 0 aliphatic carbocycles. The van der Waals surface area contributed by atoms with Gasteiger partial charge in [0.15, 0.2) is 0 Å². The number of rotatable bonds is 2. The molecule has 0 unspecified atom stereocenters. The van der Waals surface area contributed by atoms with Gasteiger partial charge in [-0.2, -0.15) is 0 Å². The van der Waals surface area contributed by atoms with Gasteiger partial charge < -0.3 is 10.3 Å². The zero-order chi connectivity index (χ0) is 10.8. The zero-order valence-electron chi connectivity index (χ0n) is 9.07. The fourth-order valence-electron chi connectivity index (χ4n) is 2.21. The lowest BCUT2D eigenvalue weighted by Crippen LogP contribution is -2.26. The molecule has 0 atom stereocenters. The Hall–Kier alpha value is -1.13. The third-order valence-electron chi connectivity index (χ3n) is 3.13. The zero-order valence-corrected chi connectivity index (χ0v) is 9.89. The summed E-state index contributed by atoms with van der Waals surface area (Å²) in [7, 11) is 0. The molecule has 0 bridgehead atoms. The van der Waals surface area contributed by atoms with Crippen LogP contribution in [0.5, 0.6) is 0 Å². The van der Waals surface area contributed by atoms with Gasteiger partial charge in [0, 0.05) is 17.8 Å². The van der Waals surface area contributed by atoms with Gasteiger partial charge in [-0.15, -0.1) is 11.3 Å². The molecule has 16 heavy (non-hydrogen) atoms. The predicted molar refractivity (Wildman–Crippen MR) is 66.7 cm³/mol. The number of hydrogen-bond donors (Lipinski definition) is 2. The molecule has 3 nitrogen and oxygen atoms in total. The Morgan fingerprint density at radius 2 is 2.19 bits per heavy atom. The van der Waals surface area contributed by atoms with E-state index in [1.165, 1.54) is 23.4 Å². The fraction of sp³-hybridized carbons (Fsp3) is 0.417. The molecule has 1 fully saturated rings. The number of aromatic nitrogens is 2. The van der Waals surface area contributed by atoms with Gasteiger partial charge in [0.2, 0.25) is 0 Å². The molecule has 2 N–H and O–H groups in total. The van der Waals surface area contributed by atoms with Gasteiger partial charge in [0.25, 0.3) is 0 Å². The van der Waals surface area contributed by atoms with Crippen LogP contribution in [0.3, 0.4) is 0 Å². The maximum atomic E-state index is 4.47. The molecule has 0 aromatic carbocycles. The van der Waals surface area contributed by atoms with Gasteiger partial charge in [-0.25, -0.2) is 4.98 Å². The van der Waals surface area contributed by atoms with Crippen LogP contribution in [0.2, 0.25) is 0 Å². The number of hydrogen-bond acceptors (Lipinski definition) is 3. The molecule has 0 amide bonds. The van der Waals surface area contributed by atoms with Crippen molar-refractivity contribution in [3.63, 3.8) is 0 Å². The van der Waals surface area contributed by atoms with E-state index in [9.17, 15) is 0 Å². The standard InChI is InChI=1S/C12H15N3S/c1-2-11(16-7-1)12-14-8-10(15-12)9-3-5-13-6-4-9/h1-2,7-9,13H,3-6H2,(H,14,15). The minimum Gasteiger partial charge on any atom is -0.341 e. The van der Waals surface area contributed by atoms with E-state index in [2.05, 4.69) is 32.8 Å². The van der Waals surface area contributed by atoms with Crippen LogP contribution < -0.4 is 5.32 Å². The topological polar surface area (TPSA) is 40.7 Å². The van der Waals surface area contributed by atoms with E-state index in [0.29, 0.717) is 5.92 Å². The second kappa shape index (κ2) is 4.39. The third-order valence-corrected chi connectivity index (χ3v) is 4.01. The molecular formula is C12H15N3S. The first-order valence-electron chi connectivity index (χ1n) is 5.73. The van der Waals surface area contributed by atoms with Crippen molar-refractivity contribution in [2.75, 3.05) is 13.1 Å². The SMILES string of the molecule is c1csc(-c2ncc(C3CCNCC3)[nH]2)c1. The molecule has 1 aliphatic rings. The van der Waals surface area contributed by atoms with Crippen molar-refractivity contribution >= 4 is 11.3 Å². The Morgan fingerprint density at radius 3 is 2.94 bits per heavy atom. The first-order valence-corrected chi connectivity index (χ1v) is 6.61. The summed E-state index contributed by atoms with van der Waals surface area (Å²) in [5.74, 6) is 1.67. The molecule has 3 rings (SSSR count). The van der Waals surface area contributed by atoms with E-state index >= 15 is 0 Å². The lowest BCUT2D eigenvalue weighted by atomic mass is 9.95. The van der Waals surface area contributed by atoms with Crippen LogP contribution >= 0.6 is 11.3 Å². The Kier molecular flexibility index (Phi) is 2.76. The number of nitrogens with one attached hydrogen (secondary N) is 2. The summed E-state index contributed by atoms with van der Waals surface area (Å²) in [6.45, 7) is 2.25. The van der Waals surface area contributed by atoms with Gasteiger partial charge in [-0.05, 0) is 37.4 Å². The number of imidazole rings is 1. The molecule has 1 aliphatic heterocycles. The van der Waals surface area contributed by atoms with Crippen molar-refractivity contribution in [1.29, 1.82) is 0 Å². The molecule has 3 heterocycles. The van der Waals surface area contributed by atoms with Gasteiger partial charge >= 0.3 is 0 Å². The van der Waals surface area contributed by atoms with Crippen LogP contribution in [0, 0.1) is 0 Å². The Balaban J connectivity index is 1.82. The number of thiophene rings is 1. The molecule has 0 saturated carbocycles. The fourth-order valence-corrected chi connectivity index (χ4v) is 2.89. The molecule has 2 aromatic rings. The summed E-state index contributed by atoms with van der Waals surface area (Å²) >= 11 is 1.73. The number of nitrogens with zero attached hydrogens (tertiary/aromatic N) is 1. The van der Waals surface area contributed by atoms with Crippen molar-refractivity contribution in [2.45, 2.75) is 18.8 Å². The third kappa shape index (κ3) is 1.90.